The predicted octanol–water partition coefficient (Wildman–Crippen LogP) is 4.26. The number of fused-ring (bicyclic) bond motifs is 1. The first-order valence-electron chi connectivity index (χ1n) is 9.86. The third-order valence-electron chi connectivity index (χ3n) is 4.91. The van der Waals surface area contributed by atoms with Crippen molar-refractivity contribution in [3.8, 4) is 0 Å². The molecule has 0 aliphatic rings. The Labute approximate surface area is 179 Å². The smallest absolute Gasteiger partial charge is 0.257 e. The Balaban J connectivity index is 1.58. The lowest BCUT2D eigenvalue weighted by Gasteiger charge is -2.12. The van der Waals surface area contributed by atoms with Crippen molar-refractivity contribution in [3.63, 3.8) is 0 Å². The molecule has 2 amide bonds. The van der Waals surface area contributed by atoms with Crippen molar-refractivity contribution in [2.45, 2.75) is 13.5 Å². The van der Waals surface area contributed by atoms with Crippen molar-refractivity contribution >= 4 is 34.0 Å². The van der Waals surface area contributed by atoms with E-state index in [0.717, 1.165) is 16.3 Å². The summed E-state index contributed by atoms with van der Waals surface area (Å²) in [6, 6.07) is 23.7. The molecule has 1 aromatic heterocycles. The van der Waals surface area contributed by atoms with Gasteiger partial charge < -0.3 is 15.2 Å². The summed E-state index contributed by atoms with van der Waals surface area (Å²) in [5.74, 6) is -0.532. The molecule has 1 heterocycles. The van der Waals surface area contributed by atoms with E-state index in [2.05, 4.69) is 10.6 Å². The summed E-state index contributed by atoms with van der Waals surface area (Å²) in [7, 11) is 0. The molecule has 4 rings (SSSR count). The first-order valence-corrected chi connectivity index (χ1v) is 9.86. The predicted molar refractivity (Wildman–Crippen MR) is 122 cm³/mol. The number of hydrogen-bond acceptors (Lipinski definition) is 3. The Morgan fingerprint density at radius 1 is 0.839 bits per heavy atom. The number of benzene rings is 3. The number of nitrogens with zero attached hydrogens (tertiary/aromatic N) is 1. The molecule has 0 fully saturated rings. The zero-order valence-corrected chi connectivity index (χ0v) is 17.0. The minimum absolute atomic E-state index is 0.183. The van der Waals surface area contributed by atoms with Gasteiger partial charge in [-0.2, -0.15) is 0 Å². The van der Waals surface area contributed by atoms with Gasteiger partial charge in [-0.15, -0.1) is 0 Å². The maximum Gasteiger partial charge on any atom is 0.257 e. The first kappa shape index (κ1) is 20.1. The molecule has 0 unspecified atom stereocenters. The number of hydrogen-bond donors (Lipinski definition) is 2. The van der Waals surface area contributed by atoms with Crippen molar-refractivity contribution in [2.75, 3.05) is 10.6 Å². The summed E-state index contributed by atoms with van der Waals surface area (Å²) >= 11 is 0. The highest BCUT2D eigenvalue weighted by atomic mass is 16.2. The molecule has 31 heavy (non-hydrogen) atoms. The number of amides is 2. The molecule has 3 aromatic carbocycles. The van der Waals surface area contributed by atoms with Gasteiger partial charge in [-0.1, -0.05) is 48.5 Å². The molecule has 154 valence electrons. The van der Waals surface area contributed by atoms with Gasteiger partial charge in [0.05, 0.1) is 12.1 Å². The quantitative estimate of drug-likeness (QED) is 0.515. The summed E-state index contributed by atoms with van der Waals surface area (Å²) in [4.78, 5) is 36.4. The van der Waals surface area contributed by atoms with Crippen LogP contribution in [0.1, 0.15) is 22.8 Å². The molecule has 0 aliphatic heterocycles. The van der Waals surface area contributed by atoms with Crippen LogP contribution in [0.3, 0.4) is 0 Å². The molecule has 4 aromatic rings. The van der Waals surface area contributed by atoms with Crippen LogP contribution in [0.25, 0.3) is 10.8 Å². The van der Waals surface area contributed by atoms with Crippen molar-refractivity contribution in [3.05, 3.63) is 107 Å². The zero-order valence-electron chi connectivity index (χ0n) is 17.0. The van der Waals surface area contributed by atoms with E-state index in [1.807, 2.05) is 42.5 Å². The molecule has 0 bridgehead atoms. The summed E-state index contributed by atoms with van der Waals surface area (Å²) in [6.45, 7) is 1.78. The minimum Gasteiger partial charge on any atom is -0.326 e. The second-order valence-electron chi connectivity index (χ2n) is 7.24. The van der Waals surface area contributed by atoms with Crippen molar-refractivity contribution in [2.24, 2.45) is 0 Å². The Kier molecular flexibility index (Phi) is 5.62. The average molecular weight is 411 g/mol. The van der Waals surface area contributed by atoms with Gasteiger partial charge in [0.2, 0.25) is 5.91 Å². The Hall–Kier alpha value is -4.19. The minimum atomic E-state index is -0.341. The number of rotatable bonds is 5. The number of anilines is 2. The summed E-state index contributed by atoms with van der Waals surface area (Å²) in [6.07, 6.45) is 1.57. The van der Waals surface area contributed by atoms with E-state index in [1.165, 1.54) is 23.6 Å². The monoisotopic (exact) mass is 411 g/mol. The van der Waals surface area contributed by atoms with E-state index >= 15 is 0 Å². The highest BCUT2D eigenvalue weighted by Gasteiger charge is 2.10. The maximum atomic E-state index is 12.8. The Morgan fingerprint density at radius 2 is 1.55 bits per heavy atom. The van der Waals surface area contributed by atoms with Crippen LogP contribution in [-0.2, 0) is 11.3 Å². The van der Waals surface area contributed by atoms with Crippen LogP contribution in [0.2, 0.25) is 0 Å². The maximum absolute atomic E-state index is 12.8. The number of nitrogens with one attached hydrogen (secondary N) is 2. The van der Waals surface area contributed by atoms with Crippen LogP contribution >= 0.6 is 0 Å². The largest absolute Gasteiger partial charge is 0.326 e. The number of carbonyl (C=O) groups excluding carboxylic acids is 2. The van der Waals surface area contributed by atoms with Gasteiger partial charge >= 0.3 is 0 Å². The molecule has 2 N–H and O–H groups in total. The Morgan fingerprint density at radius 3 is 2.35 bits per heavy atom. The molecular formula is C25H21N3O3. The molecule has 0 aliphatic carbocycles. The molecule has 0 atom stereocenters. The fraction of sp³-hybridized carbons (Fsp3) is 0.0800. The second-order valence-corrected chi connectivity index (χ2v) is 7.24. The van der Waals surface area contributed by atoms with E-state index < -0.39 is 0 Å². The van der Waals surface area contributed by atoms with Gasteiger partial charge in [0, 0.05) is 30.6 Å². The normalized spacial score (nSPS) is 10.6. The highest BCUT2D eigenvalue weighted by Crippen LogP contribution is 2.19. The lowest BCUT2D eigenvalue weighted by molar-refractivity contribution is -0.114. The summed E-state index contributed by atoms with van der Waals surface area (Å²) in [5.41, 5.74) is 2.32. The highest BCUT2D eigenvalue weighted by molar-refractivity contribution is 6.04. The van der Waals surface area contributed by atoms with Gasteiger partial charge in [0.1, 0.15) is 0 Å². The molecule has 6 nitrogen and oxygen atoms in total. The molecular weight excluding hydrogens is 390 g/mol. The molecule has 0 saturated carbocycles. The van der Waals surface area contributed by atoms with Crippen LogP contribution in [0.4, 0.5) is 11.4 Å². The molecule has 6 heteroatoms. The van der Waals surface area contributed by atoms with E-state index in [-0.39, 0.29) is 17.4 Å². The SMILES string of the molecule is CC(=O)Nc1cccc(NC(=O)c2ccc(=O)n(Cc3cccc4ccccc34)c2)c1. The third-order valence-corrected chi connectivity index (χ3v) is 4.91. The van der Waals surface area contributed by atoms with Crippen LogP contribution in [0.15, 0.2) is 89.9 Å². The van der Waals surface area contributed by atoms with E-state index in [0.29, 0.717) is 23.5 Å². The van der Waals surface area contributed by atoms with Gasteiger partial charge in [0.15, 0.2) is 0 Å². The lowest BCUT2D eigenvalue weighted by Crippen LogP contribution is -2.22. The van der Waals surface area contributed by atoms with Crippen LogP contribution in [0.5, 0.6) is 0 Å². The number of aromatic nitrogens is 1. The number of carbonyl (C=O) groups is 2. The van der Waals surface area contributed by atoms with E-state index in [4.69, 9.17) is 0 Å². The summed E-state index contributed by atoms with van der Waals surface area (Å²) in [5, 5.41) is 7.66. The fourth-order valence-corrected chi connectivity index (χ4v) is 3.48. The standard InChI is InChI=1S/C25H21N3O3/c1-17(29)26-21-9-5-10-22(14-21)27-25(31)20-12-13-24(30)28(16-20)15-19-8-4-7-18-6-2-3-11-23(18)19/h2-14,16H,15H2,1H3,(H,26,29)(H,27,31). The second kappa shape index (κ2) is 8.67. The van der Waals surface area contributed by atoms with Gasteiger partial charge in [0.25, 0.3) is 11.5 Å². The third kappa shape index (κ3) is 4.70. The zero-order chi connectivity index (χ0) is 21.8. The van der Waals surface area contributed by atoms with Crippen LogP contribution < -0.4 is 16.2 Å². The fourth-order valence-electron chi connectivity index (χ4n) is 3.48. The Bertz CT molecular complexity index is 1340. The van der Waals surface area contributed by atoms with E-state index in [9.17, 15) is 14.4 Å². The van der Waals surface area contributed by atoms with Gasteiger partial charge in [-0.3, -0.25) is 14.4 Å². The van der Waals surface area contributed by atoms with Crippen molar-refractivity contribution < 1.29 is 9.59 Å². The molecule has 0 spiro atoms. The molecule has 0 saturated heterocycles. The van der Waals surface area contributed by atoms with Crippen molar-refractivity contribution in [1.29, 1.82) is 0 Å². The lowest BCUT2D eigenvalue weighted by atomic mass is 10.0. The van der Waals surface area contributed by atoms with Gasteiger partial charge in [-0.05, 0) is 40.6 Å². The van der Waals surface area contributed by atoms with Crippen LogP contribution in [-0.4, -0.2) is 16.4 Å². The van der Waals surface area contributed by atoms with E-state index in [1.54, 1.807) is 30.5 Å². The first-order chi connectivity index (χ1) is 15.0. The number of pyridine rings is 1. The van der Waals surface area contributed by atoms with Gasteiger partial charge in [-0.25, -0.2) is 0 Å². The molecule has 0 radical (unpaired) electrons. The van der Waals surface area contributed by atoms with Crippen molar-refractivity contribution in [1.82, 2.24) is 4.57 Å². The topological polar surface area (TPSA) is 80.2 Å². The average Bonchev–Trinajstić information content (AvgIpc) is 2.75. The summed E-state index contributed by atoms with van der Waals surface area (Å²) < 4.78 is 1.53. The van der Waals surface area contributed by atoms with Crippen LogP contribution in [0, 0.1) is 0 Å².